The van der Waals surface area contributed by atoms with Crippen LogP contribution in [0.25, 0.3) is 0 Å². The van der Waals surface area contributed by atoms with E-state index in [1.54, 1.807) is 12.4 Å². The van der Waals surface area contributed by atoms with Crippen molar-refractivity contribution in [3.8, 4) is 0 Å². The number of rotatable bonds is 4. The molecule has 1 N–H and O–H groups in total. The van der Waals surface area contributed by atoms with Crippen molar-refractivity contribution in [3.63, 3.8) is 0 Å². The number of hydrogen-bond donors (Lipinski definition) is 1. The summed E-state index contributed by atoms with van der Waals surface area (Å²) in [6.45, 7) is 9.03. The lowest BCUT2D eigenvalue weighted by Crippen LogP contribution is -2.20. The Labute approximate surface area is 96.5 Å². The highest BCUT2D eigenvalue weighted by Gasteiger charge is 2.10. The van der Waals surface area contributed by atoms with E-state index in [1.807, 2.05) is 6.92 Å². The van der Waals surface area contributed by atoms with Crippen molar-refractivity contribution in [1.29, 1.82) is 0 Å². The molecule has 16 heavy (non-hydrogen) atoms. The fraction of sp³-hybridized carbons (Fsp3) is 0.583. The van der Waals surface area contributed by atoms with E-state index in [1.165, 1.54) is 0 Å². The van der Waals surface area contributed by atoms with Gasteiger partial charge in [-0.05, 0) is 5.41 Å². The molecule has 0 saturated heterocycles. The molecule has 1 aromatic heterocycles. The molecule has 4 heteroatoms. The van der Waals surface area contributed by atoms with Gasteiger partial charge in [0.1, 0.15) is 0 Å². The number of ketones is 1. The lowest BCUT2D eigenvalue weighted by atomic mass is 9.97. The van der Waals surface area contributed by atoms with E-state index in [2.05, 4.69) is 36.1 Å². The molecule has 0 aliphatic heterocycles. The van der Waals surface area contributed by atoms with Crippen LogP contribution >= 0.6 is 0 Å². The molecule has 0 aromatic carbocycles. The van der Waals surface area contributed by atoms with Crippen LogP contribution in [-0.4, -0.2) is 22.3 Å². The van der Waals surface area contributed by atoms with E-state index in [0.717, 1.165) is 6.54 Å². The van der Waals surface area contributed by atoms with Crippen LogP contribution < -0.4 is 5.32 Å². The number of carbonyl (C=O) groups is 1. The van der Waals surface area contributed by atoms with Gasteiger partial charge in [-0.3, -0.25) is 4.79 Å². The maximum Gasteiger partial charge on any atom is 0.222 e. The van der Waals surface area contributed by atoms with Crippen LogP contribution in [0.2, 0.25) is 0 Å². The molecule has 0 fully saturated rings. The molecule has 88 valence electrons. The molecule has 0 amide bonds. The zero-order chi connectivity index (χ0) is 12.2. The molecule has 0 aliphatic rings. The van der Waals surface area contributed by atoms with Crippen LogP contribution in [0.4, 0.5) is 5.95 Å². The molecule has 1 aromatic rings. The molecular weight excluding hydrogens is 202 g/mol. The average molecular weight is 221 g/mol. The number of Topliss-reactive ketones (excluding diaryl/α,β-unsaturated/α-hetero) is 1. The number of carbonyl (C=O) groups excluding carboxylic acids is 1. The molecule has 0 aliphatic carbocycles. The second-order valence-electron chi connectivity index (χ2n) is 4.99. The lowest BCUT2D eigenvalue weighted by molar-refractivity contribution is 0.0987. The Bertz CT molecular complexity index is 352. The smallest absolute Gasteiger partial charge is 0.222 e. The number of nitrogens with zero attached hydrogens (tertiary/aromatic N) is 2. The number of hydrogen-bond acceptors (Lipinski definition) is 4. The van der Waals surface area contributed by atoms with Gasteiger partial charge in [-0.1, -0.05) is 27.7 Å². The highest BCUT2D eigenvalue weighted by atomic mass is 16.1. The number of aromatic nitrogens is 2. The quantitative estimate of drug-likeness (QED) is 0.794. The van der Waals surface area contributed by atoms with E-state index in [4.69, 9.17) is 0 Å². The Balaban J connectivity index is 2.62. The minimum atomic E-state index is 0.0716. The van der Waals surface area contributed by atoms with Gasteiger partial charge in [-0.2, -0.15) is 0 Å². The third kappa shape index (κ3) is 3.96. The van der Waals surface area contributed by atoms with Crippen LogP contribution in [0.5, 0.6) is 0 Å². The third-order valence-electron chi connectivity index (χ3n) is 2.07. The first kappa shape index (κ1) is 12.6. The zero-order valence-electron chi connectivity index (χ0n) is 10.4. The van der Waals surface area contributed by atoms with Crippen LogP contribution in [-0.2, 0) is 0 Å². The maximum absolute atomic E-state index is 11.3. The topological polar surface area (TPSA) is 54.9 Å². The van der Waals surface area contributed by atoms with E-state index < -0.39 is 0 Å². The highest BCUT2D eigenvalue weighted by molar-refractivity contribution is 5.95. The number of anilines is 1. The molecule has 0 radical (unpaired) electrons. The normalized spacial score (nSPS) is 11.2. The summed E-state index contributed by atoms with van der Waals surface area (Å²) in [5.41, 5.74) is 0.755. The summed E-state index contributed by atoms with van der Waals surface area (Å²) in [6.07, 6.45) is 3.63. The van der Waals surface area contributed by atoms with Crippen LogP contribution in [0, 0.1) is 5.41 Å². The van der Waals surface area contributed by atoms with Gasteiger partial charge in [-0.15, -0.1) is 0 Å². The summed E-state index contributed by atoms with van der Waals surface area (Å²) in [7, 11) is 0. The summed E-state index contributed by atoms with van der Waals surface area (Å²) in [5, 5.41) is 3.14. The summed E-state index contributed by atoms with van der Waals surface area (Å²) < 4.78 is 0. The van der Waals surface area contributed by atoms with Gasteiger partial charge >= 0.3 is 0 Å². The fourth-order valence-corrected chi connectivity index (χ4v) is 1.11. The first-order chi connectivity index (χ1) is 7.42. The molecule has 0 saturated carbocycles. The second kappa shape index (κ2) is 5.05. The molecule has 1 rings (SSSR count). The van der Waals surface area contributed by atoms with Gasteiger partial charge in [0.15, 0.2) is 5.78 Å². The summed E-state index contributed by atoms with van der Waals surface area (Å²) in [6, 6.07) is 0. The SMILES string of the molecule is CCC(=O)c1cnc(NCC(C)(C)C)nc1. The van der Waals surface area contributed by atoms with Gasteiger partial charge in [0.25, 0.3) is 0 Å². The second-order valence-corrected chi connectivity index (χ2v) is 4.99. The largest absolute Gasteiger partial charge is 0.354 e. The van der Waals surface area contributed by atoms with E-state index in [0.29, 0.717) is 17.9 Å². The minimum Gasteiger partial charge on any atom is -0.354 e. The van der Waals surface area contributed by atoms with Gasteiger partial charge in [-0.25, -0.2) is 9.97 Å². The van der Waals surface area contributed by atoms with Crippen molar-refractivity contribution in [2.24, 2.45) is 5.41 Å². The van der Waals surface area contributed by atoms with E-state index in [-0.39, 0.29) is 11.2 Å². The average Bonchev–Trinajstić information content (AvgIpc) is 2.25. The van der Waals surface area contributed by atoms with Gasteiger partial charge in [0.2, 0.25) is 5.95 Å². The van der Waals surface area contributed by atoms with Crippen LogP contribution in [0.3, 0.4) is 0 Å². The monoisotopic (exact) mass is 221 g/mol. The van der Waals surface area contributed by atoms with Gasteiger partial charge in [0, 0.05) is 25.4 Å². The predicted molar refractivity (Wildman–Crippen MR) is 64.6 cm³/mol. The Hall–Kier alpha value is -1.45. The van der Waals surface area contributed by atoms with E-state index >= 15 is 0 Å². The van der Waals surface area contributed by atoms with Crippen LogP contribution in [0.15, 0.2) is 12.4 Å². The van der Waals surface area contributed by atoms with Crippen molar-refractivity contribution < 1.29 is 4.79 Å². The van der Waals surface area contributed by atoms with Crippen molar-refractivity contribution in [3.05, 3.63) is 18.0 Å². The molecule has 0 atom stereocenters. The van der Waals surface area contributed by atoms with Crippen molar-refractivity contribution >= 4 is 11.7 Å². The molecular formula is C12H19N3O. The minimum absolute atomic E-state index is 0.0716. The molecule has 1 heterocycles. The molecule has 0 spiro atoms. The zero-order valence-corrected chi connectivity index (χ0v) is 10.4. The first-order valence-electron chi connectivity index (χ1n) is 5.51. The Morgan fingerprint density at radius 3 is 2.31 bits per heavy atom. The fourth-order valence-electron chi connectivity index (χ4n) is 1.11. The maximum atomic E-state index is 11.3. The lowest BCUT2D eigenvalue weighted by Gasteiger charge is -2.18. The van der Waals surface area contributed by atoms with Crippen molar-refractivity contribution in [2.45, 2.75) is 34.1 Å². The van der Waals surface area contributed by atoms with Gasteiger partial charge < -0.3 is 5.32 Å². The third-order valence-corrected chi connectivity index (χ3v) is 2.07. The molecule has 4 nitrogen and oxygen atoms in total. The van der Waals surface area contributed by atoms with E-state index in [9.17, 15) is 4.79 Å². The summed E-state index contributed by atoms with van der Waals surface area (Å²) in [4.78, 5) is 19.6. The first-order valence-corrected chi connectivity index (χ1v) is 5.51. The highest BCUT2D eigenvalue weighted by Crippen LogP contribution is 2.13. The predicted octanol–water partition coefficient (Wildman–Crippen LogP) is 2.53. The van der Waals surface area contributed by atoms with Crippen molar-refractivity contribution in [2.75, 3.05) is 11.9 Å². The Morgan fingerprint density at radius 1 is 1.31 bits per heavy atom. The standard InChI is InChI=1S/C12H19N3O/c1-5-10(16)9-6-13-11(14-7-9)15-8-12(2,3)4/h6-7H,5,8H2,1-4H3,(H,13,14,15). The Kier molecular flexibility index (Phi) is 3.99. The van der Waals surface area contributed by atoms with Crippen LogP contribution in [0.1, 0.15) is 44.5 Å². The summed E-state index contributed by atoms with van der Waals surface area (Å²) >= 11 is 0. The Morgan fingerprint density at radius 2 is 1.88 bits per heavy atom. The number of nitrogens with one attached hydrogen (secondary N) is 1. The van der Waals surface area contributed by atoms with Gasteiger partial charge in [0.05, 0.1) is 5.56 Å². The molecule has 0 unspecified atom stereocenters. The summed E-state index contributed by atoms with van der Waals surface area (Å²) in [5.74, 6) is 0.643. The molecule has 0 bridgehead atoms. The van der Waals surface area contributed by atoms with Crippen molar-refractivity contribution in [1.82, 2.24) is 9.97 Å².